The van der Waals surface area contributed by atoms with Crippen molar-refractivity contribution in [3.8, 4) is 0 Å². The van der Waals surface area contributed by atoms with E-state index in [0.29, 0.717) is 17.8 Å². The Morgan fingerprint density at radius 2 is 2.00 bits per heavy atom. The lowest BCUT2D eigenvalue weighted by Crippen LogP contribution is -2.28. The van der Waals surface area contributed by atoms with Crippen molar-refractivity contribution in [1.82, 2.24) is 0 Å². The molecule has 1 rings (SSSR count). The smallest absolute Gasteiger partial charge is 0.326 e. The van der Waals surface area contributed by atoms with Crippen LogP contribution in [0.4, 0.5) is 11.4 Å². The zero-order valence-electron chi connectivity index (χ0n) is 10.6. The van der Waals surface area contributed by atoms with Gasteiger partial charge in [-0.1, -0.05) is 19.4 Å². The lowest BCUT2D eigenvalue weighted by atomic mass is 10.1. The summed E-state index contributed by atoms with van der Waals surface area (Å²) < 4.78 is 0. The average molecular weight is 250 g/mol. The number of carbonyl (C=O) groups excluding carboxylic acids is 1. The van der Waals surface area contributed by atoms with Gasteiger partial charge in [0.25, 0.3) is 0 Å². The van der Waals surface area contributed by atoms with Gasteiger partial charge in [0.1, 0.15) is 6.04 Å². The number of rotatable bonds is 6. The maximum absolute atomic E-state index is 11.0. The van der Waals surface area contributed by atoms with E-state index in [0.717, 1.165) is 6.42 Å². The van der Waals surface area contributed by atoms with E-state index in [1.165, 1.54) is 6.92 Å². The van der Waals surface area contributed by atoms with Gasteiger partial charge in [-0.3, -0.25) is 4.79 Å². The molecule has 1 aromatic rings. The molecule has 0 aromatic heterocycles. The van der Waals surface area contributed by atoms with Gasteiger partial charge in [0.05, 0.1) is 0 Å². The summed E-state index contributed by atoms with van der Waals surface area (Å²) in [5.74, 6) is -1.03. The molecule has 1 amide bonds. The number of amides is 1. The van der Waals surface area contributed by atoms with Crippen LogP contribution in [0.25, 0.3) is 0 Å². The van der Waals surface area contributed by atoms with Gasteiger partial charge in [-0.2, -0.15) is 0 Å². The number of carbonyl (C=O) groups is 2. The Bertz CT molecular complexity index is 432. The summed E-state index contributed by atoms with van der Waals surface area (Å²) in [5.41, 5.74) is 1.33. The van der Waals surface area contributed by atoms with E-state index in [1.54, 1.807) is 24.3 Å². The van der Waals surface area contributed by atoms with Crippen LogP contribution in [0.5, 0.6) is 0 Å². The summed E-state index contributed by atoms with van der Waals surface area (Å²) in [6.07, 6.45) is 1.34. The number of nitrogens with one attached hydrogen (secondary N) is 2. The van der Waals surface area contributed by atoms with E-state index in [1.807, 2.05) is 6.92 Å². The summed E-state index contributed by atoms with van der Waals surface area (Å²) in [6.45, 7) is 3.36. The van der Waals surface area contributed by atoms with Gasteiger partial charge < -0.3 is 15.7 Å². The molecule has 1 atom stereocenters. The van der Waals surface area contributed by atoms with Gasteiger partial charge in [0.15, 0.2) is 0 Å². The van der Waals surface area contributed by atoms with Crippen LogP contribution >= 0.6 is 0 Å². The van der Waals surface area contributed by atoms with Crippen LogP contribution in [0, 0.1) is 0 Å². The van der Waals surface area contributed by atoms with Crippen molar-refractivity contribution in [1.29, 1.82) is 0 Å². The highest BCUT2D eigenvalue weighted by Gasteiger charge is 2.15. The van der Waals surface area contributed by atoms with Crippen molar-refractivity contribution in [2.24, 2.45) is 0 Å². The highest BCUT2D eigenvalue weighted by molar-refractivity contribution is 5.89. The molecule has 0 radical (unpaired) electrons. The fourth-order valence-electron chi connectivity index (χ4n) is 1.64. The lowest BCUT2D eigenvalue weighted by Gasteiger charge is -2.15. The van der Waals surface area contributed by atoms with Crippen molar-refractivity contribution in [3.63, 3.8) is 0 Å². The summed E-state index contributed by atoms with van der Waals surface area (Å²) >= 11 is 0. The molecule has 0 bridgehead atoms. The molecule has 1 aromatic carbocycles. The van der Waals surface area contributed by atoms with Crippen LogP contribution in [0.3, 0.4) is 0 Å². The Balaban J connectivity index is 2.76. The number of hydrogen-bond acceptors (Lipinski definition) is 3. The minimum absolute atomic E-state index is 0.157. The Labute approximate surface area is 106 Å². The molecule has 0 aliphatic carbocycles. The number of hydrogen-bond donors (Lipinski definition) is 3. The van der Waals surface area contributed by atoms with Gasteiger partial charge >= 0.3 is 5.97 Å². The van der Waals surface area contributed by atoms with E-state index in [2.05, 4.69) is 10.6 Å². The molecule has 0 saturated heterocycles. The minimum atomic E-state index is -0.873. The number of aliphatic carboxylic acids is 1. The van der Waals surface area contributed by atoms with Crippen molar-refractivity contribution in [3.05, 3.63) is 24.3 Å². The molecule has 0 aliphatic heterocycles. The molecule has 98 valence electrons. The maximum Gasteiger partial charge on any atom is 0.326 e. The Kier molecular flexibility index (Phi) is 5.17. The normalized spacial score (nSPS) is 11.7. The number of benzene rings is 1. The second kappa shape index (κ2) is 6.64. The van der Waals surface area contributed by atoms with Crippen LogP contribution in [0.15, 0.2) is 24.3 Å². The van der Waals surface area contributed by atoms with E-state index in [-0.39, 0.29) is 5.91 Å². The van der Waals surface area contributed by atoms with Gasteiger partial charge in [0, 0.05) is 18.3 Å². The first-order valence-electron chi connectivity index (χ1n) is 5.90. The second-order valence-electron chi connectivity index (χ2n) is 4.09. The fraction of sp³-hybridized carbons (Fsp3) is 0.385. The Morgan fingerprint density at radius 3 is 2.56 bits per heavy atom. The van der Waals surface area contributed by atoms with E-state index < -0.39 is 12.0 Å². The van der Waals surface area contributed by atoms with Crippen LogP contribution in [0.2, 0.25) is 0 Å². The zero-order valence-corrected chi connectivity index (χ0v) is 10.6. The molecule has 18 heavy (non-hydrogen) atoms. The molecular formula is C13H18N2O3. The molecule has 0 fully saturated rings. The second-order valence-corrected chi connectivity index (χ2v) is 4.09. The first kappa shape index (κ1) is 14.0. The predicted molar refractivity (Wildman–Crippen MR) is 70.7 cm³/mol. The quantitative estimate of drug-likeness (QED) is 0.724. The summed E-state index contributed by atoms with van der Waals surface area (Å²) in [7, 11) is 0. The highest BCUT2D eigenvalue weighted by atomic mass is 16.4. The summed E-state index contributed by atoms with van der Waals surface area (Å²) in [4.78, 5) is 22.0. The van der Waals surface area contributed by atoms with Crippen molar-refractivity contribution in [2.75, 3.05) is 10.6 Å². The zero-order chi connectivity index (χ0) is 13.5. The molecule has 5 heteroatoms. The van der Waals surface area contributed by atoms with Gasteiger partial charge in [-0.05, 0) is 24.6 Å². The summed E-state index contributed by atoms with van der Waals surface area (Å²) in [5, 5.41) is 14.6. The van der Waals surface area contributed by atoms with E-state index in [4.69, 9.17) is 5.11 Å². The molecule has 3 N–H and O–H groups in total. The van der Waals surface area contributed by atoms with Crippen LogP contribution in [-0.4, -0.2) is 23.0 Å². The molecule has 0 aliphatic rings. The van der Waals surface area contributed by atoms with Gasteiger partial charge in [-0.25, -0.2) is 4.79 Å². The topological polar surface area (TPSA) is 78.4 Å². The average Bonchev–Trinajstić information content (AvgIpc) is 2.28. The summed E-state index contributed by atoms with van der Waals surface area (Å²) in [6, 6.07) is 6.40. The highest BCUT2D eigenvalue weighted by Crippen LogP contribution is 2.17. The third kappa shape index (κ3) is 4.45. The van der Waals surface area contributed by atoms with Crippen LogP contribution < -0.4 is 10.6 Å². The van der Waals surface area contributed by atoms with E-state index >= 15 is 0 Å². The van der Waals surface area contributed by atoms with Crippen LogP contribution in [-0.2, 0) is 9.59 Å². The standard InChI is InChI=1S/C13H18N2O3/c1-3-5-12(13(17)18)15-11-7-4-6-10(8-11)14-9(2)16/h4,6-8,12,15H,3,5H2,1-2H3,(H,14,16)(H,17,18). The monoisotopic (exact) mass is 250 g/mol. The third-order valence-corrected chi connectivity index (χ3v) is 2.40. The van der Waals surface area contributed by atoms with Gasteiger partial charge in [0.2, 0.25) is 5.91 Å². The molecule has 5 nitrogen and oxygen atoms in total. The lowest BCUT2D eigenvalue weighted by molar-refractivity contribution is -0.138. The first-order chi connectivity index (χ1) is 8.52. The number of carboxylic acid groups (broad SMARTS) is 1. The van der Waals surface area contributed by atoms with Crippen molar-refractivity contribution in [2.45, 2.75) is 32.7 Å². The Morgan fingerprint density at radius 1 is 1.33 bits per heavy atom. The third-order valence-electron chi connectivity index (χ3n) is 2.40. The predicted octanol–water partition coefficient (Wildman–Crippen LogP) is 2.31. The molecule has 0 heterocycles. The molecule has 0 saturated carbocycles. The maximum atomic E-state index is 11.0. The Hall–Kier alpha value is -2.04. The molecule has 1 unspecified atom stereocenters. The molecule has 0 spiro atoms. The SMILES string of the molecule is CCCC(Nc1cccc(NC(C)=O)c1)C(=O)O. The largest absolute Gasteiger partial charge is 0.480 e. The minimum Gasteiger partial charge on any atom is -0.480 e. The molecular weight excluding hydrogens is 232 g/mol. The number of carboxylic acids is 1. The van der Waals surface area contributed by atoms with Crippen LogP contribution in [0.1, 0.15) is 26.7 Å². The fourth-order valence-corrected chi connectivity index (χ4v) is 1.64. The van der Waals surface area contributed by atoms with Crippen molar-refractivity contribution < 1.29 is 14.7 Å². The van der Waals surface area contributed by atoms with E-state index in [9.17, 15) is 9.59 Å². The first-order valence-corrected chi connectivity index (χ1v) is 5.90. The van der Waals surface area contributed by atoms with Crippen molar-refractivity contribution >= 4 is 23.3 Å². The number of anilines is 2. The van der Waals surface area contributed by atoms with Gasteiger partial charge in [-0.15, -0.1) is 0 Å².